The average molecular weight is 383 g/mol. The van der Waals surface area contributed by atoms with E-state index in [0.29, 0.717) is 30.4 Å². The van der Waals surface area contributed by atoms with Crippen LogP contribution in [-0.4, -0.2) is 30.6 Å². The zero-order valence-electron chi connectivity index (χ0n) is 14.8. The molecular weight excluding hydrogens is 362 g/mol. The number of aliphatic carboxylic acids is 1. The summed E-state index contributed by atoms with van der Waals surface area (Å²) in [4.78, 5) is 25.8. The lowest BCUT2D eigenvalue weighted by molar-refractivity contribution is -0.138. The summed E-state index contributed by atoms with van der Waals surface area (Å²) >= 11 is 1.74. The Labute approximate surface area is 160 Å². The third-order valence-electron chi connectivity index (χ3n) is 4.96. The van der Waals surface area contributed by atoms with Gasteiger partial charge in [0.1, 0.15) is 11.7 Å². The van der Waals surface area contributed by atoms with Gasteiger partial charge in [0.15, 0.2) is 0 Å². The van der Waals surface area contributed by atoms with E-state index in [4.69, 9.17) is 5.73 Å². The van der Waals surface area contributed by atoms with Crippen molar-refractivity contribution in [2.24, 2.45) is 0 Å². The van der Waals surface area contributed by atoms with Crippen LogP contribution in [0.25, 0.3) is 0 Å². The molecule has 1 fully saturated rings. The molecule has 0 radical (unpaired) electrons. The zero-order chi connectivity index (χ0) is 18.8. The third kappa shape index (κ3) is 4.00. The molecule has 1 unspecified atom stereocenters. The van der Waals surface area contributed by atoms with Crippen LogP contribution in [-0.2, 0) is 17.8 Å². The second-order valence-corrected chi connectivity index (χ2v) is 8.10. The summed E-state index contributed by atoms with van der Waals surface area (Å²) in [6.45, 7) is 0.660. The maximum Gasteiger partial charge on any atom is 0.312 e. The van der Waals surface area contributed by atoms with Gasteiger partial charge in [0, 0.05) is 29.4 Å². The van der Waals surface area contributed by atoms with E-state index in [1.54, 1.807) is 36.0 Å². The highest BCUT2D eigenvalue weighted by Gasteiger charge is 2.24. The van der Waals surface area contributed by atoms with Crippen molar-refractivity contribution in [3.05, 3.63) is 58.2 Å². The molecular formula is C19H21N5O2S. The van der Waals surface area contributed by atoms with Gasteiger partial charge in [-0.25, -0.2) is 15.0 Å². The largest absolute Gasteiger partial charge is 0.481 e. The Bertz CT molecular complexity index is 930. The first-order valence-electron chi connectivity index (χ1n) is 8.98. The van der Waals surface area contributed by atoms with Crippen molar-refractivity contribution in [1.29, 1.82) is 0 Å². The number of aromatic nitrogens is 4. The highest BCUT2D eigenvalue weighted by Crippen LogP contribution is 2.38. The van der Waals surface area contributed by atoms with Crippen molar-refractivity contribution in [3.63, 3.8) is 0 Å². The summed E-state index contributed by atoms with van der Waals surface area (Å²) in [6, 6.07) is 3.48. The minimum absolute atomic E-state index is 0.325. The fourth-order valence-electron chi connectivity index (χ4n) is 3.17. The third-order valence-corrected chi connectivity index (χ3v) is 6.10. The predicted molar refractivity (Wildman–Crippen MR) is 103 cm³/mol. The molecule has 8 heteroatoms. The molecule has 1 aliphatic carbocycles. The van der Waals surface area contributed by atoms with E-state index >= 15 is 0 Å². The Hall–Kier alpha value is -2.74. The molecule has 1 aliphatic rings. The molecule has 0 spiro atoms. The summed E-state index contributed by atoms with van der Waals surface area (Å²) in [5.74, 6) is -0.571. The molecule has 3 aromatic heterocycles. The highest BCUT2D eigenvalue weighted by molar-refractivity contribution is 7.11. The number of carbonyl (C=O) groups is 1. The molecule has 0 bridgehead atoms. The number of nitrogens with zero attached hydrogens (tertiary/aromatic N) is 4. The van der Waals surface area contributed by atoms with E-state index in [1.807, 2.05) is 17.0 Å². The van der Waals surface area contributed by atoms with Crippen LogP contribution in [0.3, 0.4) is 0 Å². The van der Waals surface area contributed by atoms with Gasteiger partial charge in [0.05, 0.1) is 23.6 Å². The van der Waals surface area contributed by atoms with Crippen LogP contribution >= 0.6 is 11.3 Å². The molecule has 1 atom stereocenters. The van der Waals surface area contributed by atoms with Gasteiger partial charge in [-0.15, -0.1) is 11.3 Å². The van der Waals surface area contributed by atoms with Crippen LogP contribution in [0.5, 0.6) is 0 Å². The number of hydrogen-bond acceptors (Lipinski definition) is 6. The Morgan fingerprint density at radius 3 is 2.81 bits per heavy atom. The highest BCUT2D eigenvalue weighted by atomic mass is 32.1. The Morgan fingerprint density at radius 2 is 2.15 bits per heavy atom. The van der Waals surface area contributed by atoms with E-state index in [1.165, 1.54) is 24.3 Å². The van der Waals surface area contributed by atoms with Gasteiger partial charge in [-0.2, -0.15) is 0 Å². The Kier molecular flexibility index (Phi) is 4.89. The number of thiazole rings is 1. The van der Waals surface area contributed by atoms with Crippen molar-refractivity contribution < 1.29 is 9.90 Å². The molecule has 27 heavy (non-hydrogen) atoms. The minimum atomic E-state index is -0.901. The summed E-state index contributed by atoms with van der Waals surface area (Å²) in [5, 5.41) is 10.9. The van der Waals surface area contributed by atoms with Crippen molar-refractivity contribution in [2.45, 2.75) is 44.1 Å². The number of nitrogens with two attached hydrogens (primary N) is 1. The zero-order valence-corrected chi connectivity index (χ0v) is 15.6. The minimum Gasteiger partial charge on any atom is -0.481 e. The molecule has 1 saturated carbocycles. The number of nitrogen functional groups attached to an aromatic ring is 1. The molecule has 3 heterocycles. The van der Waals surface area contributed by atoms with Crippen LogP contribution in [0, 0.1) is 0 Å². The fourth-order valence-corrected chi connectivity index (χ4v) is 4.27. The smallest absolute Gasteiger partial charge is 0.312 e. The number of carboxylic acids is 1. The number of rotatable bonds is 7. The SMILES string of the molecule is Nc1ccc(CC(C(=O)O)c2cn(Cc3cnc(C4CCC4)s3)cn2)cn1. The molecule has 0 aliphatic heterocycles. The average Bonchev–Trinajstić information content (AvgIpc) is 3.23. The van der Waals surface area contributed by atoms with Crippen LogP contribution in [0.15, 0.2) is 37.1 Å². The first-order chi connectivity index (χ1) is 13.1. The van der Waals surface area contributed by atoms with Crippen LogP contribution in [0.1, 0.15) is 52.2 Å². The van der Waals surface area contributed by atoms with Crippen molar-refractivity contribution in [3.8, 4) is 0 Å². The second-order valence-electron chi connectivity index (χ2n) is 6.95. The van der Waals surface area contributed by atoms with Gasteiger partial charge in [0.25, 0.3) is 0 Å². The Balaban J connectivity index is 1.46. The molecule has 4 rings (SSSR count). The van der Waals surface area contributed by atoms with Gasteiger partial charge in [-0.05, 0) is 30.9 Å². The number of carboxylic acid groups (broad SMARTS) is 1. The summed E-state index contributed by atoms with van der Waals surface area (Å²) < 4.78 is 1.92. The number of anilines is 1. The van der Waals surface area contributed by atoms with Gasteiger partial charge in [0.2, 0.25) is 0 Å². The lowest BCUT2D eigenvalue weighted by Crippen LogP contribution is -2.15. The van der Waals surface area contributed by atoms with Gasteiger partial charge < -0.3 is 15.4 Å². The first-order valence-corrected chi connectivity index (χ1v) is 9.79. The fraction of sp³-hybridized carbons (Fsp3) is 0.368. The number of imidazole rings is 1. The maximum absolute atomic E-state index is 11.8. The molecule has 3 N–H and O–H groups in total. The predicted octanol–water partition coefficient (Wildman–Crippen LogP) is 3.04. The molecule has 0 amide bonds. The Morgan fingerprint density at radius 1 is 1.30 bits per heavy atom. The summed E-state index contributed by atoms with van der Waals surface area (Å²) in [7, 11) is 0. The van der Waals surface area contributed by atoms with E-state index in [9.17, 15) is 9.90 Å². The van der Waals surface area contributed by atoms with Gasteiger partial charge >= 0.3 is 5.97 Å². The first kappa shape index (κ1) is 17.7. The number of hydrogen-bond donors (Lipinski definition) is 2. The lowest BCUT2D eigenvalue weighted by Gasteiger charge is -2.22. The van der Waals surface area contributed by atoms with Crippen molar-refractivity contribution in [2.75, 3.05) is 5.73 Å². The summed E-state index contributed by atoms with van der Waals surface area (Å²) in [6.07, 6.45) is 11.1. The molecule has 7 nitrogen and oxygen atoms in total. The molecule has 0 saturated heterocycles. The quantitative estimate of drug-likeness (QED) is 0.649. The van der Waals surface area contributed by atoms with Crippen molar-refractivity contribution in [1.82, 2.24) is 19.5 Å². The van der Waals surface area contributed by atoms with Crippen LogP contribution in [0.4, 0.5) is 5.82 Å². The maximum atomic E-state index is 11.8. The van der Waals surface area contributed by atoms with E-state index < -0.39 is 11.9 Å². The monoisotopic (exact) mass is 383 g/mol. The molecule has 0 aromatic carbocycles. The standard InChI is InChI=1S/C19H21N5O2S/c20-17-5-4-12(7-21-17)6-15(19(25)26)16-10-24(11-23-16)9-14-8-22-18(27-14)13-2-1-3-13/h4-5,7-8,10-11,13,15H,1-3,6,9H2,(H2,20,21)(H,25,26). The molecule has 140 valence electrons. The van der Waals surface area contributed by atoms with E-state index in [-0.39, 0.29) is 0 Å². The lowest BCUT2D eigenvalue weighted by atomic mass is 9.86. The normalized spacial score (nSPS) is 15.4. The van der Waals surface area contributed by atoms with Crippen LogP contribution < -0.4 is 5.73 Å². The molecule has 3 aromatic rings. The van der Waals surface area contributed by atoms with Crippen LogP contribution in [0.2, 0.25) is 0 Å². The van der Waals surface area contributed by atoms with E-state index in [0.717, 1.165) is 10.4 Å². The second kappa shape index (κ2) is 7.48. The topological polar surface area (TPSA) is 107 Å². The van der Waals surface area contributed by atoms with Crippen molar-refractivity contribution >= 4 is 23.1 Å². The number of pyridine rings is 1. The van der Waals surface area contributed by atoms with Gasteiger partial charge in [-0.3, -0.25) is 4.79 Å². The summed E-state index contributed by atoms with van der Waals surface area (Å²) in [5.41, 5.74) is 6.95. The van der Waals surface area contributed by atoms with E-state index in [2.05, 4.69) is 15.0 Å². The van der Waals surface area contributed by atoms with Gasteiger partial charge in [-0.1, -0.05) is 12.5 Å².